The highest BCUT2D eigenvalue weighted by molar-refractivity contribution is 5.80. The van der Waals surface area contributed by atoms with E-state index in [1.807, 2.05) is 13.8 Å². The van der Waals surface area contributed by atoms with Crippen molar-refractivity contribution < 1.29 is 79.2 Å². The fourth-order valence-corrected chi connectivity index (χ4v) is 13.8. The number of carboxylic acids is 1. The Hall–Kier alpha value is -1.80. The average Bonchev–Trinajstić information content (AvgIpc) is 3.18. The van der Waals surface area contributed by atoms with Gasteiger partial charge in [-0.25, -0.2) is 0 Å². The molecule has 20 atom stereocenters. The third-order valence-corrected chi connectivity index (χ3v) is 17.4. The molecule has 4 saturated carbocycles. The van der Waals surface area contributed by atoms with E-state index in [1.165, 1.54) is 7.11 Å². The lowest BCUT2D eigenvalue weighted by molar-refractivity contribution is -0.357. The van der Waals surface area contributed by atoms with Crippen molar-refractivity contribution in [3.63, 3.8) is 0 Å². The second-order valence-electron chi connectivity index (χ2n) is 20.1. The molecule has 5 aliphatic carbocycles. The van der Waals surface area contributed by atoms with Gasteiger partial charge in [-0.1, -0.05) is 39.3 Å². The van der Waals surface area contributed by atoms with Crippen LogP contribution in [0.2, 0.25) is 0 Å². The van der Waals surface area contributed by atoms with Gasteiger partial charge in [-0.15, -0.1) is 0 Å². The van der Waals surface area contributed by atoms with Gasteiger partial charge in [0.2, 0.25) is 0 Å². The maximum absolute atomic E-state index is 13.2. The summed E-state index contributed by atoms with van der Waals surface area (Å²) in [4.78, 5) is 26.2. The summed E-state index contributed by atoms with van der Waals surface area (Å²) < 4.78 is 28.5. The fourth-order valence-electron chi connectivity index (χ4n) is 13.8. The van der Waals surface area contributed by atoms with E-state index in [0.29, 0.717) is 51.4 Å². The number of aliphatic carboxylic acids is 1. The number of methoxy groups -OCH3 is 1. The molecule has 16 nitrogen and oxygen atoms in total. The monoisotopic (exact) mass is 826 g/mol. The number of carbonyl (C=O) groups excluding carboxylic acids is 1. The van der Waals surface area contributed by atoms with Crippen LogP contribution in [-0.4, -0.2) is 152 Å². The Morgan fingerprint density at radius 3 is 2.12 bits per heavy atom. The Bertz CT molecular complexity index is 1610. The van der Waals surface area contributed by atoms with Crippen LogP contribution in [0.25, 0.3) is 0 Å². The van der Waals surface area contributed by atoms with Gasteiger partial charge in [-0.05, 0) is 98.7 Å². The molecule has 7 aliphatic rings. The number of aliphatic hydroxyl groups excluding tert-OH is 8. The lowest BCUT2D eigenvalue weighted by Gasteiger charge is -2.71. The van der Waals surface area contributed by atoms with Crippen LogP contribution in [0.5, 0.6) is 0 Å². The molecule has 7 rings (SSSR count). The first-order valence-corrected chi connectivity index (χ1v) is 21.0. The standard InChI is InChI=1S/C42H66O16/c1-37(36(53)54-6)11-13-42(35(51)52)14-12-40(4)20(21(42)15-37)7-8-26-38(2)16-22(45)32(39(3,19-44)25(38)9-10-41(26,40)5)58-33-30(49)28(47)24(18-55-33)57-34-31(50)29(48)27(46)23(17-43)56-34/h7,21-34,43-50H,8-19H2,1-6H3,(H,51,52)/t21-,22+,23-,24-,25?,26-,27-,28+,29+,30-,31-,32+,33+,34+,37-,38+,39+,40-,41-,42+/m1/s1. The van der Waals surface area contributed by atoms with Gasteiger partial charge in [0.25, 0.3) is 0 Å². The molecule has 330 valence electrons. The summed E-state index contributed by atoms with van der Waals surface area (Å²) in [7, 11) is 1.38. The highest BCUT2D eigenvalue weighted by Gasteiger charge is 2.71. The third kappa shape index (κ3) is 6.29. The number of esters is 1. The van der Waals surface area contributed by atoms with Crippen molar-refractivity contribution in [2.24, 2.45) is 50.2 Å². The SMILES string of the molecule is COC(=O)[C@]1(C)CC[C@]2(C(=O)O)CC[C@]3(C)C(=CC[C@@H]4[C@@]5(C)C[C@H](O)[C@H](O[C@@H]6OC[C@@H](O[C@@H]7O[C@H](CO)[C@@H](O)[C@H](O)[C@H]7O)[C@H](O)[C@H]6O)[C@@](C)(CO)C5CC[C@]43C)[C@H]2C1. The predicted molar refractivity (Wildman–Crippen MR) is 201 cm³/mol. The van der Waals surface area contributed by atoms with Crippen LogP contribution >= 0.6 is 0 Å². The Morgan fingerprint density at radius 2 is 1.48 bits per heavy atom. The molecule has 0 bridgehead atoms. The second-order valence-corrected chi connectivity index (χ2v) is 20.1. The summed E-state index contributed by atoms with van der Waals surface area (Å²) in [6, 6.07) is 0. The summed E-state index contributed by atoms with van der Waals surface area (Å²) >= 11 is 0. The van der Waals surface area contributed by atoms with Gasteiger partial charge < -0.3 is 69.6 Å². The van der Waals surface area contributed by atoms with Gasteiger partial charge in [-0.2, -0.15) is 0 Å². The van der Waals surface area contributed by atoms with Gasteiger partial charge in [0.05, 0.1) is 50.0 Å². The second kappa shape index (κ2) is 15.2. The normalized spacial score (nSPS) is 54.2. The number of carbonyl (C=O) groups is 2. The van der Waals surface area contributed by atoms with Gasteiger partial charge in [0.1, 0.15) is 42.7 Å². The summed E-state index contributed by atoms with van der Waals surface area (Å²) in [5.41, 5.74) is -2.86. The summed E-state index contributed by atoms with van der Waals surface area (Å²) in [6.07, 6.45) is -8.96. The molecule has 0 radical (unpaired) electrons. The van der Waals surface area contributed by atoms with Crippen molar-refractivity contribution in [3.8, 4) is 0 Å². The summed E-state index contributed by atoms with van der Waals surface area (Å²) in [6.45, 7) is 9.16. The van der Waals surface area contributed by atoms with Gasteiger partial charge in [-0.3, -0.25) is 9.59 Å². The molecule has 9 N–H and O–H groups in total. The molecule has 0 spiro atoms. The average molecular weight is 827 g/mol. The minimum Gasteiger partial charge on any atom is -0.481 e. The highest BCUT2D eigenvalue weighted by atomic mass is 16.7. The van der Waals surface area contributed by atoms with E-state index in [-0.39, 0.29) is 47.8 Å². The van der Waals surface area contributed by atoms with Crippen molar-refractivity contribution in [1.29, 1.82) is 0 Å². The van der Waals surface area contributed by atoms with Gasteiger partial charge in [0.15, 0.2) is 12.6 Å². The Balaban J connectivity index is 1.11. The van der Waals surface area contributed by atoms with Crippen molar-refractivity contribution >= 4 is 11.9 Å². The fraction of sp³-hybridized carbons (Fsp3) is 0.905. The van der Waals surface area contributed by atoms with Crippen molar-refractivity contribution in [2.75, 3.05) is 26.9 Å². The van der Waals surface area contributed by atoms with Crippen LogP contribution in [0.3, 0.4) is 0 Å². The zero-order chi connectivity index (χ0) is 42.5. The zero-order valence-corrected chi connectivity index (χ0v) is 34.5. The van der Waals surface area contributed by atoms with Gasteiger partial charge in [0, 0.05) is 5.41 Å². The molecule has 2 heterocycles. The van der Waals surface area contributed by atoms with Crippen LogP contribution in [-0.2, 0) is 33.3 Å². The first-order chi connectivity index (χ1) is 27.1. The number of fused-ring (bicyclic) bond motifs is 7. The predicted octanol–water partition coefficient (Wildman–Crippen LogP) is 0.617. The van der Waals surface area contributed by atoms with Crippen LogP contribution < -0.4 is 0 Å². The van der Waals surface area contributed by atoms with Crippen LogP contribution in [0, 0.1) is 50.2 Å². The maximum Gasteiger partial charge on any atom is 0.311 e. The van der Waals surface area contributed by atoms with Crippen LogP contribution in [0.15, 0.2) is 11.6 Å². The summed E-state index contributed by atoms with van der Waals surface area (Å²) in [5, 5.41) is 96.7. The van der Waals surface area contributed by atoms with E-state index in [0.717, 1.165) is 12.0 Å². The van der Waals surface area contributed by atoms with E-state index >= 15 is 0 Å². The molecule has 2 aliphatic heterocycles. The van der Waals surface area contributed by atoms with Crippen LogP contribution in [0.4, 0.5) is 0 Å². The number of ether oxygens (including phenoxy) is 5. The molecular formula is C42H66O16. The number of rotatable bonds is 8. The molecule has 0 aromatic rings. The Morgan fingerprint density at radius 1 is 0.810 bits per heavy atom. The van der Waals surface area contributed by atoms with Gasteiger partial charge >= 0.3 is 11.9 Å². The van der Waals surface area contributed by atoms with Crippen molar-refractivity contribution in [3.05, 3.63) is 11.6 Å². The van der Waals surface area contributed by atoms with E-state index in [2.05, 4.69) is 26.8 Å². The molecule has 16 heteroatoms. The molecule has 0 aromatic heterocycles. The van der Waals surface area contributed by atoms with E-state index < -0.39 is 102 Å². The molecule has 0 amide bonds. The minimum atomic E-state index is -1.73. The third-order valence-electron chi connectivity index (χ3n) is 17.4. The first-order valence-electron chi connectivity index (χ1n) is 21.0. The Kier molecular flexibility index (Phi) is 11.6. The lowest BCUT2D eigenvalue weighted by Crippen LogP contribution is -2.69. The topological polar surface area (TPSA) is 262 Å². The Labute approximate surface area is 339 Å². The smallest absolute Gasteiger partial charge is 0.311 e. The maximum atomic E-state index is 13.2. The van der Waals surface area contributed by atoms with Crippen LogP contribution in [0.1, 0.15) is 92.4 Å². The first kappa shape index (κ1) is 44.3. The van der Waals surface area contributed by atoms with E-state index in [9.17, 15) is 55.5 Å². The number of carboxylic acid groups (broad SMARTS) is 1. The molecule has 2 saturated heterocycles. The van der Waals surface area contributed by atoms with Crippen molar-refractivity contribution in [2.45, 2.75) is 160 Å². The van der Waals surface area contributed by atoms with E-state index in [4.69, 9.17) is 23.7 Å². The largest absolute Gasteiger partial charge is 0.481 e. The van der Waals surface area contributed by atoms with Crippen molar-refractivity contribution in [1.82, 2.24) is 0 Å². The lowest BCUT2D eigenvalue weighted by atomic mass is 9.33. The zero-order valence-electron chi connectivity index (χ0n) is 34.5. The number of aliphatic hydroxyl groups is 8. The quantitative estimate of drug-likeness (QED) is 0.0923. The number of hydrogen-bond donors (Lipinski definition) is 9. The molecule has 58 heavy (non-hydrogen) atoms. The highest BCUT2D eigenvalue weighted by Crippen LogP contribution is 2.76. The molecular weight excluding hydrogens is 760 g/mol. The molecule has 0 aromatic carbocycles. The number of allylic oxidation sites excluding steroid dienone is 2. The molecule has 1 unspecified atom stereocenters. The minimum absolute atomic E-state index is 0.0422. The number of hydrogen-bond acceptors (Lipinski definition) is 15. The summed E-state index contributed by atoms with van der Waals surface area (Å²) in [5.74, 6) is -1.57. The van der Waals surface area contributed by atoms with E-state index in [1.54, 1.807) is 0 Å². The molecule has 6 fully saturated rings.